The summed E-state index contributed by atoms with van der Waals surface area (Å²) in [6, 6.07) is 10.5. The second kappa shape index (κ2) is 10.7. The number of halogens is 3. The van der Waals surface area contributed by atoms with E-state index in [1.807, 2.05) is 26.8 Å². The third-order valence-electron chi connectivity index (χ3n) is 4.65. The van der Waals surface area contributed by atoms with Crippen LogP contribution in [0.25, 0.3) is 22.0 Å². The summed E-state index contributed by atoms with van der Waals surface area (Å²) in [5.74, 6) is -2.93. The standard InChI is InChI=1S/C22H18F3NO4.C3H6/c1-3-13(2)11-26-12-18(20(27)21(28)29)17-10-15(6-9-19(17)26)14-4-7-16(8-5-14)30-22(23,24)25;1-3-2/h3-10,12H,11H2,1-2H3,(H,28,29);3H,1H2,2H3/b13-3+;. The highest BCUT2D eigenvalue weighted by Gasteiger charge is 2.31. The normalized spacial score (nSPS) is 11.5. The molecule has 0 amide bonds. The predicted octanol–water partition coefficient (Wildman–Crippen LogP) is 6.63. The van der Waals surface area contributed by atoms with Crippen molar-refractivity contribution >= 4 is 22.7 Å². The summed E-state index contributed by atoms with van der Waals surface area (Å²) in [5.41, 5.74) is 2.99. The Kier molecular flexibility index (Phi) is 8.23. The molecule has 1 aromatic heterocycles. The van der Waals surface area contributed by atoms with Crippen molar-refractivity contribution in [3.05, 3.63) is 78.5 Å². The van der Waals surface area contributed by atoms with Crippen molar-refractivity contribution in [2.45, 2.75) is 33.7 Å². The minimum Gasteiger partial charge on any atom is -0.475 e. The molecule has 0 fully saturated rings. The van der Waals surface area contributed by atoms with Crippen molar-refractivity contribution in [2.75, 3.05) is 0 Å². The molecule has 0 atom stereocenters. The highest BCUT2D eigenvalue weighted by atomic mass is 19.4. The van der Waals surface area contributed by atoms with Crippen LogP contribution >= 0.6 is 0 Å². The molecule has 0 spiro atoms. The number of alkyl halides is 3. The molecule has 1 heterocycles. The molecule has 3 aromatic rings. The second-order valence-corrected chi connectivity index (χ2v) is 7.15. The highest BCUT2D eigenvalue weighted by Crippen LogP contribution is 2.31. The number of hydrogen-bond acceptors (Lipinski definition) is 3. The number of fused-ring (bicyclic) bond motifs is 1. The monoisotopic (exact) mass is 459 g/mol. The summed E-state index contributed by atoms with van der Waals surface area (Å²) in [6.45, 7) is 9.54. The number of ether oxygens (including phenoxy) is 1. The maximum Gasteiger partial charge on any atom is 0.573 e. The van der Waals surface area contributed by atoms with Crippen molar-refractivity contribution in [1.29, 1.82) is 0 Å². The number of nitrogens with zero attached hydrogens (tertiary/aromatic N) is 1. The molecule has 3 rings (SSSR count). The van der Waals surface area contributed by atoms with Crippen molar-refractivity contribution in [3.8, 4) is 16.9 Å². The zero-order valence-corrected chi connectivity index (χ0v) is 18.4. The van der Waals surface area contributed by atoms with Crippen molar-refractivity contribution in [3.63, 3.8) is 0 Å². The van der Waals surface area contributed by atoms with Gasteiger partial charge in [-0.1, -0.05) is 35.9 Å². The Labute approximate surface area is 189 Å². The predicted molar refractivity (Wildman–Crippen MR) is 121 cm³/mol. The largest absolute Gasteiger partial charge is 0.573 e. The zero-order valence-electron chi connectivity index (χ0n) is 18.4. The molecular formula is C25H24F3NO4. The lowest BCUT2D eigenvalue weighted by Crippen LogP contribution is -2.16. The van der Waals surface area contributed by atoms with E-state index in [2.05, 4.69) is 11.3 Å². The number of carboxylic acids is 1. The van der Waals surface area contributed by atoms with Gasteiger partial charge in [-0.05, 0) is 56.2 Å². The number of carbonyl (C=O) groups is 2. The van der Waals surface area contributed by atoms with Gasteiger partial charge in [0.25, 0.3) is 5.78 Å². The zero-order chi connectivity index (χ0) is 24.8. The van der Waals surface area contributed by atoms with E-state index in [9.17, 15) is 22.8 Å². The van der Waals surface area contributed by atoms with Gasteiger partial charge in [0.05, 0.1) is 5.56 Å². The van der Waals surface area contributed by atoms with E-state index in [0.29, 0.717) is 28.6 Å². The van der Waals surface area contributed by atoms with E-state index < -0.39 is 18.1 Å². The van der Waals surface area contributed by atoms with Crippen LogP contribution in [0.3, 0.4) is 0 Å². The molecule has 2 aromatic carbocycles. The molecule has 8 heteroatoms. The van der Waals surface area contributed by atoms with Crippen LogP contribution in [0.1, 0.15) is 31.1 Å². The number of Topliss-reactive ketones (excluding diaryl/α,β-unsaturated/α-hetero) is 1. The van der Waals surface area contributed by atoms with Crippen LogP contribution in [0.2, 0.25) is 0 Å². The Morgan fingerprint density at radius 3 is 2.18 bits per heavy atom. The average Bonchev–Trinajstić information content (AvgIpc) is 3.10. The first kappa shape index (κ1) is 25.5. The maximum atomic E-state index is 12.3. The van der Waals surface area contributed by atoms with E-state index in [0.717, 1.165) is 5.57 Å². The topological polar surface area (TPSA) is 68.5 Å². The number of hydrogen-bond donors (Lipinski definition) is 1. The van der Waals surface area contributed by atoms with E-state index in [-0.39, 0.29) is 11.3 Å². The summed E-state index contributed by atoms with van der Waals surface area (Å²) in [5, 5.41) is 9.62. The molecule has 0 radical (unpaired) electrons. The first-order valence-electron chi connectivity index (χ1n) is 9.96. The summed E-state index contributed by atoms with van der Waals surface area (Å²) < 4.78 is 42.7. The molecule has 0 bridgehead atoms. The van der Waals surface area contributed by atoms with Gasteiger partial charge in [-0.25, -0.2) is 4.79 Å². The van der Waals surface area contributed by atoms with Crippen LogP contribution in [0.4, 0.5) is 13.2 Å². The fourth-order valence-electron chi connectivity index (χ4n) is 3.11. The third kappa shape index (κ3) is 6.58. The van der Waals surface area contributed by atoms with Crippen molar-refractivity contribution in [1.82, 2.24) is 4.57 Å². The summed E-state index contributed by atoms with van der Waals surface area (Å²) in [6.07, 6.45) is 0.405. The van der Waals surface area contributed by atoms with Gasteiger partial charge in [0.15, 0.2) is 0 Å². The molecule has 0 unspecified atom stereocenters. The molecule has 0 aliphatic carbocycles. The minimum atomic E-state index is -4.78. The number of aromatic nitrogens is 1. The summed E-state index contributed by atoms with van der Waals surface area (Å²) in [7, 11) is 0. The van der Waals surface area contributed by atoms with Gasteiger partial charge in [-0.3, -0.25) is 4.79 Å². The van der Waals surface area contributed by atoms with E-state index in [1.54, 1.807) is 28.8 Å². The van der Waals surface area contributed by atoms with Crippen LogP contribution < -0.4 is 4.74 Å². The van der Waals surface area contributed by atoms with E-state index in [1.165, 1.54) is 30.5 Å². The fraction of sp³-hybridized carbons (Fsp3) is 0.200. The number of ketones is 1. The Balaban J connectivity index is 0.00000122. The van der Waals surface area contributed by atoms with Crippen LogP contribution in [-0.2, 0) is 11.3 Å². The average molecular weight is 459 g/mol. The number of rotatable bonds is 6. The summed E-state index contributed by atoms with van der Waals surface area (Å²) >= 11 is 0. The van der Waals surface area contributed by atoms with Gasteiger partial charge >= 0.3 is 12.3 Å². The number of aliphatic carboxylic acids is 1. The smallest absolute Gasteiger partial charge is 0.475 e. The van der Waals surface area contributed by atoms with Crippen molar-refractivity contribution in [2.24, 2.45) is 0 Å². The Morgan fingerprint density at radius 1 is 1.09 bits per heavy atom. The summed E-state index contributed by atoms with van der Waals surface area (Å²) in [4.78, 5) is 23.5. The molecule has 0 aliphatic rings. The van der Waals surface area contributed by atoms with Crippen LogP contribution in [0.5, 0.6) is 5.75 Å². The lowest BCUT2D eigenvalue weighted by atomic mass is 10.0. The van der Waals surface area contributed by atoms with Crippen LogP contribution in [0, 0.1) is 0 Å². The molecule has 0 aliphatic heterocycles. The first-order chi connectivity index (χ1) is 15.5. The third-order valence-corrected chi connectivity index (χ3v) is 4.65. The molecule has 5 nitrogen and oxygen atoms in total. The van der Waals surface area contributed by atoms with Gasteiger partial charge in [-0.15, -0.1) is 19.8 Å². The molecular weight excluding hydrogens is 435 g/mol. The Morgan fingerprint density at radius 2 is 1.67 bits per heavy atom. The van der Waals surface area contributed by atoms with Crippen LogP contribution in [-0.4, -0.2) is 27.8 Å². The fourth-order valence-corrected chi connectivity index (χ4v) is 3.11. The van der Waals surface area contributed by atoms with Gasteiger partial charge < -0.3 is 14.4 Å². The lowest BCUT2D eigenvalue weighted by Gasteiger charge is -2.10. The van der Waals surface area contributed by atoms with Gasteiger partial charge in [0.2, 0.25) is 0 Å². The first-order valence-corrected chi connectivity index (χ1v) is 9.96. The number of allylic oxidation sites excluding steroid dienone is 3. The second-order valence-electron chi connectivity index (χ2n) is 7.15. The van der Waals surface area contributed by atoms with Gasteiger partial charge in [0, 0.05) is 23.6 Å². The maximum absolute atomic E-state index is 12.3. The number of benzene rings is 2. The minimum absolute atomic E-state index is 0.0558. The quantitative estimate of drug-likeness (QED) is 0.255. The number of carbonyl (C=O) groups excluding carboxylic acids is 1. The number of carboxylic acid groups (broad SMARTS) is 1. The molecule has 33 heavy (non-hydrogen) atoms. The van der Waals surface area contributed by atoms with Crippen LogP contribution in [0.15, 0.2) is 73.0 Å². The SMILES string of the molecule is C/C=C(\C)Cn1cc(C(=O)C(=O)O)c2cc(-c3ccc(OC(F)(F)F)cc3)ccc21.C=CC. The van der Waals surface area contributed by atoms with E-state index in [4.69, 9.17) is 5.11 Å². The van der Waals surface area contributed by atoms with Crippen molar-refractivity contribution < 1.29 is 32.6 Å². The molecule has 174 valence electrons. The highest BCUT2D eigenvalue weighted by molar-refractivity contribution is 6.42. The van der Waals surface area contributed by atoms with Gasteiger partial charge in [-0.2, -0.15) is 0 Å². The molecule has 1 N–H and O–H groups in total. The molecule has 0 saturated heterocycles. The lowest BCUT2D eigenvalue weighted by molar-refractivity contribution is -0.274. The van der Waals surface area contributed by atoms with E-state index >= 15 is 0 Å². The Bertz CT molecular complexity index is 1190. The van der Waals surface area contributed by atoms with Gasteiger partial charge in [0.1, 0.15) is 5.75 Å². The Hall–Kier alpha value is -3.81. The molecule has 0 saturated carbocycles.